The molecular weight excluding hydrogens is 456 g/mol. The van der Waals surface area contributed by atoms with E-state index in [1.165, 1.54) is 32.1 Å². The predicted octanol–water partition coefficient (Wildman–Crippen LogP) is 3.52. The molecule has 0 fully saturated rings. The quantitative estimate of drug-likeness (QED) is 0.0515. The van der Waals surface area contributed by atoms with Crippen LogP contribution in [0.5, 0.6) is 0 Å². The zero-order chi connectivity index (χ0) is 26.3. The van der Waals surface area contributed by atoms with E-state index in [0.717, 1.165) is 56.5 Å². The molecule has 2 unspecified atom stereocenters. The fraction of sp³-hybridized carbons (Fsp3) is 0.870. The molecular formula is C23H48N6O6. The van der Waals surface area contributed by atoms with Gasteiger partial charge in [-0.3, -0.25) is 15.4 Å². The highest BCUT2D eigenvalue weighted by molar-refractivity contribution is 5.73. The second kappa shape index (κ2) is 22.5. The van der Waals surface area contributed by atoms with E-state index in [1.54, 1.807) is 0 Å². The molecule has 0 bridgehead atoms. The Morgan fingerprint density at radius 2 is 1.20 bits per heavy atom. The number of hydrogen-bond acceptors (Lipinski definition) is 8. The predicted molar refractivity (Wildman–Crippen MR) is 133 cm³/mol. The van der Waals surface area contributed by atoms with E-state index in [9.17, 15) is 24.6 Å². The lowest BCUT2D eigenvalue weighted by Gasteiger charge is -2.20. The largest absolute Gasteiger partial charge is 0.481 e. The lowest BCUT2D eigenvalue weighted by Crippen LogP contribution is -2.61. The maximum atomic E-state index is 11.5. The normalized spacial score (nSPS) is 12.9. The van der Waals surface area contributed by atoms with E-state index in [1.807, 2.05) is 6.92 Å². The van der Waals surface area contributed by atoms with Gasteiger partial charge in [-0.2, -0.15) is 16.2 Å². The number of nitrogens with two attached hydrogens (primary N) is 1. The Morgan fingerprint density at radius 3 is 1.63 bits per heavy atom. The molecule has 0 saturated carbocycles. The summed E-state index contributed by atoms with van der Waals surface area (Å²) in [5, 5.41) is 28.4. The van der Waals surface area contributed by atoms with Crippen molar-refractivity contribution in [2.75, 3.05) is 6.54 Å². The summed E-state index contributed by atoms with van der Waals surface area (Å²) in [7, 11) is 0. The van der Waals surface area contributed by atoms with Crippen LogP contribution in [0.4, 0.5) is 4.79 Å². The molecule has 0 aliphatic heterocycles. The number of aliphatic carboxylic acids is 2. The monoisotopic (exact) mass is 504 g/mol. The van der Waals surface area contributed by atoms with E-state index in [0.29, 0.717) is 19.4 Å². The van der Waals surface area contributed by atoms with Crippen LogP contribution in [-0.2, 0) is 9.59 Å². The van der Waals surface area contributed by atoms with Crippen molar-refractivity contribution >= 4 is 18.0 Å². The van der Waals surface area contributed by atoms with E-state index < -0.39 is 29.9 Å². The number of hydrazine groups is 5. The molecule has 0 rings (SSSR count). The minimum Gasteiger partial charge on any atom is -0.481 e. The van der Waals surface area contributed by atoms with Gasteiger partial charge < -0.3 is 15.3 Å². The Kier molecular flexibility index (Phi) is 21.2. The molecule has 0 aromatic heterocycles. The number of nitrogens with one attached hydrogen (secondary N) is 4. The molecule has 0 saturated heterocycles. The van der Waals surface area contributed by atoms with Gasteiger partial charge >= 0.3 is 18.0 Å². The first kappa shape index (κ1) is 33.0. The second-order valence-electron chi connectivity index (χ2n) is 9.03. The molecule has 35 heavy (non-hydrogen) atoms. The number of carboxylic acids is 2. The van der Waals surface area contributed by atoms with Gasteiger partial charge in [-0.1, -0.05) is 84.0 Å². The maximum Gasteiger partial charge on any atom is 0.438 e. The van der Waals surface area contributed by atoms with Crippen molar-refractivity contribution in [3.63, 3.8) is 0 Å². The Bertz CT molecular complexity index is 569. The van der Waals surface area contributed by atoms with E-state index in [2.05, 4.69) is 22.0 Å². The van der Waals surface area contributed by atoms with Crippen LogP contribution in [0.3, 0.4) is 0 Å². The summed E-state index contributed by atoms with van der Waals surface area (Å²) in [6.45, 7) is 2.46. The average molecular weight is 505 g/mol. The third-order valence-electron chi connectivity index (χ3n) is 6.09. The molecule has 2 atom stereocenters. The first-order chi connectivity index (χ1) is 16.8. The van der Waals surface area contributed by atoms with Crippen molar-refractivity contribution in [1.82, 2.24) is 27.1 Å². The van der Waals surface area contributed by atoms with Crippen molar-refractivity contribution in [2.45, 2.75) is 110 Å². The number of rotatable bonds is 25. The number of nitrogens with zero attached hydrogens (tertiary/aromatic N) is 1. The zero-order valence-corrected chi connectivity index (χ0v) is 21.3. The molecule has 12 heteroatoms. The highest BCUT2D eigenvalue weighted by Gasteiger charge is 2.26. The molecule has 9 N–H and O–H groups in total. The van der Waals surface area contributed by atoms with Gasteiger partial charge in [-0.05, 0) is 25.7 Å². The summed E-state index contributed by atoms with van der Waals surface area (Å²) < 4.78 is 0. The van der Waals surface area contributed by atoms with Crippen LogP contribution in [0.1, 0.15) is 110 Å². The second-order valence-corrected chi connectivity index (χ2v) is 9.03. The third kappa shape index (κ3) is 18.9. The fourth-order valence-electron chi connectivity index (χ4n) is 4.09. The molecule has 0 heterocycles. The van der Waals surface area contributed by atoms with E-state index in [-0.39, 0.29) is 6.42 Å². The van der Waals surface area contributed by atoms with Crippen molar-refractivity contribution < 1.29 is 29.7 Å². The standard InChI is InChI=1S/C23H48N6O6/c1-2-15-19(21(30)31)18-20(22(32)33)16-13-11-9-7-5-3-4-6-8-10-12-14-17-25-29(23(34)35)28-27-26-24/h19-20,25-28H,2-18,24H2,1H3,(H,30,31)(H,32,33)(H,34,35). The Labute approximate surface area is 209 Å². The molecule has 206 valence electrons. The van der Waals surface area contributed by atoms with Gasteiger partial charge in [0.2, 0.25) is 0 Å². The van der Waals surface area contributed by atoms with Crippen molar-refractivity contribution in [2.24, 2.45) is 17.7 Å². The van der Waals surface area contributed by atoms with Gasteiger partial charge in [-0.25, -0.2) is 10.2 Å². The van der Waals surface area contributed by atoms with Gasteiger partial charge in [-0.15, -0.1) is 5.53 Å². The SMILES string of the molecule is CCCC(CC(CCCCCCCCCCCCCCNN(NNNN)C(=O)O)C(=O)O)C(=O)O. The third-order valence-corrected chi connectivity index (χ3v) is 6.09. The molecule has 12 nitrogen and oxygen atoms in total. The zero-order valence-electron chi connectivity index (χ0n) is 21.3. The summed E-state index contributed by atoms with van der Waals surface area (Å²) >= 11 is 0. The van der Waals surface area contributed by atoms with Crippen LogP contribution in [0.2, 0.25) is 0 Å². The topological polar surface area (TPSA) is 189 Å². The van der Waals surface area contributed by atoms with Crippen LogP contribution in [0.15, 0.2) is 0 Å². The minimum atomic E-state index is -1.17. The number of carbonyl (C=O) groups is 3. The van der Waals surface area contributed by atoms with Gasteiger partial charge in [0.1, 0.15) is 0 Å². The molecule has 0 aliphatic rings. The first-order valence-corrected chi connectivity index (χ1v) is 13.0. The maximum absolute atomic E-state index is 11.5. The van der Waals surface area contributed by atoms with Gasteiger partial charge in [0, 0.05) is 6.54 Å². The molecule has 0 aromatic carbocycles. The van der Waals surface area contributed by atoms with Gasteiger partial charge in [0.15, 0.2) is 0 Å². The number of hydrogen-bond donors (Lipinski definition) is 8. The Morgan fingerprint density at radius 1 is 0.743 bits per heavy atom. The van der Waals surface area contributed by atoms with Crippen LogP contribution in [0.25, 0.3) is 0 Å². The smallest absolute Gasteiger partial charge is 0.438 e. The fourth-order valence-corrected chi connectivity index (χ4v) is 4.09. The van der Waals surface area contributed by atoms with Crippen LogP contribution in [-0.4, -0.2) is 45.0 Å². The van der Waals surface area contributed by atoms with Crippen LogP contribution in [0, 0.1) is 11.8 Å². The average Bonchev–Trinajstić information content (AvgIpc) is 2.81. The Balaban J connectivity index is 3.62. The lowest BCUT2D eigenvalue weighted by molar-refractivity contribution is -0.146. The van der Waals surface area contributed by atoms with E-state index in [4.69, 9.17) is 10.9 Å². The van der Waals surface area contributed by atoms with Gasteiger partial charge in [0.25, 0.3) is 0 Å². The highest BCUT2D eigenvalue weighted by atomic mass is 16.4. The minimum absolute atomic E-state index is 0.233. The highest BCUT2D eigenvalue weighted by Crippen LogP contribution is 2.23. The summed E-state index contributed by atoms with van der Waals surface area (Å²) in [5.41, 5.74) is 9.42. The van der Waals surface area contributed by atoms with Gasteiger partial charge in [0.05, 0.1) is 11.8 Å². The molecule has 0 spiro atoms. The van der Waals surface area contributed by atoms with E-state index >= 15 is 0 Å². The molecule has 0 aliphatic carbocycles. The van der Waals surface area contributed by atoms with Crippen molar-refractivity contribution in [1.29, 1.82) is 0 Å². The first-order valence-electron chi connectivity index (χ1n) is 13.0. The molecule has 1 amide bonds. The molecule has 0 aromatic rings. The number of unbranched alkanes of at least 4 members (excludes halogenated alkanes) is 11. The summed E-state index contributed by atoms with van der Waals surface area (Å²) in [6, 6.07) is 0. The summed E-state index contributed by atoms with van der Waals surface area (Å²) in [6.07, 6.45) is 14.0. The van der Waals surface area contributed by atoms with Crippen molar-refractivity contribution in [3.8, 4) is 0 Å². The number of amides is 1. The van der Waals surface area contributed by atoms with Crippen molar-refractivity contribution in [3.05, 3.63) is 0 Å². The number of carboxylic acid groups (broad SMARTS) is 3. The van der Waals surface area contributed by atoms with Crippen LogP contribution < -0.4 is 27.9 Å². The Hall–Kier alpha value is -1.99. The summed E-state index contributed by atoms with van der Waals surface area (Å²) in [5.74, 6) is 2.13. The molecule has 0 radical (unpaired) electrons. The van der Waals surface area contributed by atoms with Crippen LogP contribution >= 0.6 is 0 Å². The summed E-state index contributed by atoms with van der Waals surface area (Å²) in [4.78, 5) is 33.7. The lowest BCUT2D eigenvalue weighted by atomic mass is 9.88.